The Balaban J connectivity index is 1.64. The van der Waals surface area contributed by atoms with Gasteiger partial charge in [0, 0.05) is 17.8 Å². The number of esters is 1. The molecule has 3 rings (SSSR count). The molecule has 0 spiro atoms. The van der Waals surface area contributed by atoms with Gasteiger partial charge in [-0.3, -0.25) is 4.79 Å². The van der Waals surface area contributed by atoms with Crippen molar-refractivity contribution in [1.29, 1.82) is 0 Å². The molecule has 0 unspecified atom stereocenters. The minimum Gasteiger partial charge on any atom is -0.461 e. The average molecular weight is 394 g/mol. The minimum atomic E-state index is -0.312. The molecule has 0 atom stereocenters. The number of fused-ring (bicyclic) bond motifs is 1. The Hall–Kier alpha value is -2.38. The van der Waals surface area contributed by atoms with Crippen LogP contribution in [0.5, 0.6) is 0 Å². The Morgan fingerprint density at radius 2 is 2.00 bits per heavy atom. The minimum absolute atomic E-state index is 0.143. The lowest BCUT2D eigenvalue weighted by atomic mass is 10.1. The molecule has 2 N–H and O–H groups in total. The van der Waals surface area contributed by atoms with Crippen molar-refractivity contribution >= 4 is 40.9 Å². The van der Waals surface area contributed by atoms with Gasteiger partial charge >= 0.3 is 5.97 Å². The smallest absolute Gasteiger partial charge is 0.306 e. The molecule has 0 radical (unpaired) electrons. The van der Waals surface area contributed by atoms with E-state index >= 15 is 0 Å². The Bertz CT molecular complexity index is 987. The molecule has 1 aromatic carbocycles. The van der Waals surface area contributed by atoms with Gasteiger partial charge in [-0.1, -0.05) is 29.3 Å². The van der Waals surface area contributed by atoms with Crippen LogP contribution < -0.4 is 5.73 Å². The lowest BCUT2D eigenvalue weighted by Crippen LogP contribution is -2.10. The van der Waals surface area contributed by atoms with Crippen molar-refractivity contribution in [1.82, 2.24) is 19.6 Å². The summed E-state index contributed by atoms with van der Waals surface area (Å²) in [7, 11) is 0. The van der Waals surface area contributed by atoms with Gasteiger partial charge < -0.3 is 10.5 Å². The van der Waals surface area contributed by atoms with Crippen LogP contribution in [0.3, 0.4) is 0 Å². The van der Waals surface area contributed by atoms with E-state index in [2.05, 4.69) is 15.1 Å². The van der Waals surface area contributed by atoms with Crippen LogP contribution in [0.25, 0.3) is 5.78 Å². The van der Waals surface area contributed by atoms with E-state index in [1.54, 1.807) is 22.7 Å². The number of rotatable bonds is 5. The van der Waals surface area contributed by atoms with E-state index in [9.17, 15) is 4.79 Å². The first-order valence-corrected chi connectivity index (χ1v) is 8.68. The number of ether oxygens (including phenoxy) is 1. The fourth-order valence-corrected chi connectivity index (χ4v) is 3.00. The number of anilines is 1. The highest BCUT2D eigenvalue weighted by atomic mass is 35.5. The molecule has 0 fully saturated rings. The highest BCUT2D eigenvalue weighted by molar-refractivity contribution is 6.42. The molecular weight excluding hydrogens is 377 g/mol. The van der Waals surface area contributed by atoms with Crippen LogP contribution in [0.1, 0.15) is 28.9 Å². The SMILES string of the molecule is Cc1nc2nc(N)nn2c(C)c1CCC(=O)OCc1ccc(Cl)c(Cl)c1. The number of hydrogen-bond donors (Lipinski definition) is 1. The molecule has 26 heavy (non-hydrogen) atoms. The van der Waals surface area contributed by atoms with Gasteiger partial charge in [-0.15, -0.1) is 5.10 Å². The van der Waals surface area contributed by atoms with Crippen LogP contribution in [-0.4, -0.2) is 25.6 Å². The largest absolute Gasteiger partial charge is 0.461 e. The monoisotopic (exact) mass is 393 g/mol. The Morgan fingerprint density at radius 3 is 2.73 bits per heavy atom. The number of carbonyl (C=O) groups excluding carboxylic acids is 1. The van der Waals surface area contributed by atoms with Gasteiger partial charge in [0.25, 0.3) is 5.78 Å². The molecular formula is C17H17Cl2N5O2. The maximum Gasteiger partial charge on any atom is 0.306 e. The standard InChI is InChI=1S/C17H17Cl2N5O2/c1-9-12(10(2)24-17(21-9)22-16(20)23-24)4-6-15(25)26-8-11-3-5-13(18)14(19)7-11/h3,5,7H,4,6,8H2,1-2H3,(H2,20,23). The topological polar surface area (TPSA) is 95.4 Å². The highest BCUT2D eigenvalue weighted by Crippen LogP contribution is 2.23. The number of aryl methyl sites for hydroxylation is 2. The Kier molecular flexibility index (Phi) is 5.29. The predicted molar refractivity (Wildman–Crippen MR) is 99.2 cm³/mol. The van der Waals surface area contributed by atoms with E-state index in [4.69, 9.17) is 33.7 Å². The summed E-state index contributed by atoms with van der Waals surface area (Å²) in [5, 5.41) is 5.01. The summed E-state index contributed by atoms with van der Waals surface area (Å²) in [5.41, 5.74) is 8.97. The van der Waals surface area contributed by atoms with Crippen molar-refractivity contribution in [3.63, 3.8) is 0 Å². The molecule has 0 saturated heterocycles. The highest BCUT2D eigenvalue weighted by Gasteiger charge is 2.14. The summed E-state index contributed by atoms with van der Waals surface area (Å²) >= 11 is 11.8. The van der Waals surface area contributed by atoms with E-state index in [0.717, 1.165) is 22.5 Å². The van der Waals surface area contributed by atoms with Crippen molar-refractivity contribution < 1.29 is 9.53 Å². The third kappa shape index (κ3) is 3.89. The third-order valence-corrected chi connectivity index (χ3v) is 4.77. The number of halogens is 2. The Labute approximate surface area is 160 Å². The summed E-state index contributed by atoms with van der Waals surface area (Å²) in [6, 6.07) is 5.12. The van der Waals surface area contributed by atoms with Crippen molar-refractivity contribution in [3.05, 3.63) is 50.8 Å². The molecule has 2 aromatic heterocycles. The second kappa shape index (κ2) is 7.47. The number of hydrogen-bond acceptors (Lipinski definition) is 6. The molecule has 9 heteroatoms. The maximum atomic E-state index is 12.1. The number of nitrogen functional groups attached to an aromatic ring is 1. The van der Waals surface area contributed by atoms with Crippen LogP contribution >= 0.6 is 23.2 Å². The predicted octanol–water partition coefficient (Wildman–Crippen LogP) is 3.31. The van der Waals surface area contributed by atoms with E-state index in [-0.39, 0.29) is 24.9 Å². The zero-order valence-electron chi connectivity index (χ0n) is 14.3. The van der Waals surface area contributed by atoms with Gasteiger partial charge in [0.15, 0.2) is 0 Å². The van der Waals surface area contributed by atoms with Gasteiger partial charge in [0.2, 0.25) is 5.95 Å². The summed E-state index contributed by atoms with van der Waals surface area (Å²) in [5.74, 6) is 0.301. The maximum absolute atomic E-state index is 12.1. The lowest BCUT2D eigenvalue weighted by molar-refractivity contribution is -0.144. The summed E-state index contributed by atoms with van der Waals surface area (Å²) in [4.78, 5) is 20.5. The van der Waals surface area contributed by atoms with Crippen molar-refractivity contribution in [2.24, 2.45) is 0 Å². The Morgan fingerprint density at radius 1 is 1.23 bits per heavy atom. The van der Waals surface area contributed by atoms with Crippen LogP contribution in [-0.2, 0) is 22.6 Å². The van der Waals surface area contributed by atoms with Crippen molar-refractivity contribution in [3.8, 4) is 0 Å². The van der Waals surface area contributed by atoms with Gasteiger partial charge in [-0.05, 0) is 43.5 Å². The fourth-order valence-electron chi connectivity index (χ4n) is 2.68. The zero-order chi connectivity index (χ0) is 18.8. The number of nitrogens with zero attached hydrogens (tertiary/aromatic N) is 4. The van der Waals surface area contributed by atoms with Gasteiger partial charge in [-0.25, -0.2) is 4.98 Å². The molecule has 0 saturated carbocycles. The van der Waals surface area contributed by atoms with Crippen LogP contribution in [0.15, 0.2) is 18.2 Å². The summed E-state index contributed by atoms with van der Waals surface area (Å²) < 4.78 is 6.88. The van der Waals surface area contributed by atoms with Crippen molar-refractivity contribution in [2.75, 3.05) is 5.73 Å². The molecule has 0 aliphatic heterocycles. The van der Waals surface area contributed by atoms with E-state index in [1.165, 1.54) is 0 Å². The summed E-state index contributed by atoms with van der Waals surface area (Å²) in [6.07, 6.45) is 0.709. The average Bonchev–Trinajstić information content (AvgIpc) is 2.96. The lowest BCUT2D eigenvalue weighted by Gasteiger charge is -2.10. The molecule has 0 aliphatic rings. The van der Waals surface area contributed by atoms with Gasteiger partial charge in [0.05, 0.1) is 10.0 Å². The number of carbonyl (C=O) groups is 1. The normalized spacial score (nSPS) is 11.1. The van der Waals surface area contributed by atoms with Crippen LogP contribution in [0.2, 0.25) is 10.0 Å². The quantitative estimate of drug-likeness (QED) is 0.667. The van der Waals surface area contributed by atoms with Gasteiger partial charge in [-0.2, -0.15) is 9.50 Å². The molecule has 0 bridgehead atoms. The second-order valence-corrected chi connectivity index (χ2v) is 6.67. The first-order chi connectivity index (χ1) is 12.3. The number of benzene rings is 1. The summed E-state index contributed by atoms with van der Waals surface area (Å²) in [6.45, 7) is 3.91. The fraction of sp³-hybridized carbons (Fsp3) is 0.294. The molecule has 3 aromatic rings. The molecule has 136 valence electrons. The molecule has 2 heterocycles. The first-order valence-electron chi connectivity index (χ1n) is 7.93. The molecule has 0 amide bonds. The van der Waals surface area contributed by atoms with E-state index in [0.29, 0.717) is 22.2 Å². The third-order valence-electron chi connectivity index (χ3n) is 4.03. The van der Waals surface area contributed by atoms with Gasteiger partial charge in [0.1, 0.15) is 6.61 Å². The van der Waals surface area contributed by atoms with Crippen LogP contribution in [0.4, 0.5) is 5.95 Å². The van der Waals surface area contributed by atoms with Crippen molar-refractivity contribution in [2.45, 2.75) is 33.3 Å². The molecule has 0 aliphatic carbocycles. The number of nitrogens with two attached hydrogens (primary N) is 1. The van der Waals surface area contributed by atoms with Crippen LogP contribution in [0, 0.1) is 13.8 Å². The van der Waals surface area contributed by atoms with E-state index < -0.39 is 0 Å². The molecule has 7 nitrogen and oxygen atoms in total. The zero-order valence-corrected chi connectivity index (χ0v) is 15.8. The number of aromatic nitrogens is 4. The first kappa shape index (κ1) is 18.4. The second-order valence-electron chi connectivity index (χ2n) is 5.85. The van der Waals surface area contributed by atoms with E-state index in [1.807, 2.05) is 13.8 Å².